The van der Waals surface area contributed by atoms with Crippen molar-refractivity contribution in [1.29, 1.82) is 0 Å². The molecule has 0 N–H and O–H groups in total. The van der Waals surface area contributed by atoms with Crippen molar-refractivity contribution in [3.05, 3.63) is 23.8 Å². The summed E-state index contributed by atoms with van der Waals surface area (Å²) in [4.78, 5) is 23.2. The molecule has 0 aromatic heterocycles. The molecule has 0 bridgehead atoms. The number of rotatable bonds is 5. The summed E-state index contributed by atoms with van der Waals surface area (Å²) in [6, 6.07) is 3.39. The Morgan fingerprint density at radius 3 is 2.14 bits per heavy atom. The fraction of sp³-hybridized carbons (Fsp3) is 0.375. The lowest BCUT2D eigenvalue weighted by molar-refractivity contribution is -0.144. The van der Waals surface area contributed by atoms with Crippen LogP contribution in [0.4, 0.5) is 0 Å². The minimum atomic E-state index is -0.529. The first-order valence-electron chi connectivity index (χ1n) is 6.72. The summed E-state index contributed by atoms with van der Waals surface area (Å²) in [5.41, 5.74) is 1.11. The fourth-order valence-electron chi connectivity index (χ4n) is 2.41. The normalized spacial score (nSPS) is 17.0. The maximum Gasteiger partial charge on any atom is 0.303 e. The number of allylic oxidation sites excluding steroid dienone is 1. The smallest absolute Gasteiger partial charge is 0.303 e. The van der Waals surface area contributed by atoms with Gasteiger partial charge in [0.2, 0.25) is 5.75 Å². The van der Waals surface area contributed by atoms with E-state index in [1.165, 1.54) is 28.3 Å². The molecule has 0 radical (unpaired) electrons. The van der Waals surface area contributed by atoms with Gasteiger partial charge in [-0.15, -0.1) is 0 Å². The molecule has 118 valence electrons. The van der Waals surface area contributed by atoms with Gasteiger partial charge >= 0.3 is 5.97 Å². The van der Waals surface area contributed by atoms with Gasteiger partial charge in [0.25, 0.3) is 0 Å². The van der Waals surface area contributed by atoms with E-state index in [9.17, 15) is 9.59 Å². The molecular formula is C16H18O6. The Morgan fingerprint density at radius 2 is 1.68 bits per heavy atom. The maximum absolute atomic E-state index is 12.1. The Labute approximate surface area is 128 Å². The predicted octanol–water partition coefficient (Wildman–Crippen LogP) is 2.00. The number of carbonyl (C=O) groups is 2. The van der Waals surface area contributed by atoms with Crippen molar-refractivity contribution in [3.63, 3.8) is 0 Å². The summed E-state index contributed by atoms with van der Waals surface area (Å²) in [5.74, 6) is 0.861. The number of ether oxygens (including phenoxy) is 4. The van der Waals surface area contributed by atoms with Crippen LogP contribution in [0, 0.1) is 0 Å². The lowest BCUT2D eigenvalue weighted by Crippen LogP contribution is -2.12. The van der Waals surface area contributed by atoms with Crippen molar-refractivity contribution >= 4 is 17.3 Å². The molecule has 0 aliphatic heterocycles. The molecule has 22 heavy (non-hydrogen) atoms. The molecule has 0 spiro atoms. The molecule has 1 unspecified atom stereocenters. The van der Waals surface area contributed by atoms with Crippen molar-refractivity contribution in [2.45, 2.75) is 19.4 Å². The van der Waals surface area contributed by atoms with E-state index in [1.807, 2.05) is 0 Å². The summed E-state index contributed by atoms with van der Waals surface area (Å²) in [7, 11) is 4.53. The van der Waals surface area contributed by atoms with E-state index in [4.69, 9.17) is 18.9 Å². The molecule has 6 heteroatoms. The molecule has 1 aromatic rings. The quantitative estimate of drug-likeness (QED) is 0.775. The van der Waals surface area contributed by atoms with E-state index < -0.39 is 12.1 Å². The Morgan fingerprint density at radius 1 is 1.09 bits per heavy atom. The highest BCUT2D eigenvalue weighted by Crippen LogP contribution is 2.41. The highest BCUT2D eigenvalue weighted by atomic mass is 16.5. The monoisotopic (exact) mass is 306 g/mol. The van der Waals surface area contributed by atoms with Crippen molar-refractivity contribution in [1.82, 2.24) is 0 Å². The first-order valence-corrected chi connectivity index (χ1v) is 6.72. The molecule has 6 nitrogen and oxygen atoms in total. The SMILES string of the molecule is COc1cc(C2=CC(OC(C)=O)CC2=O)cc(OC)c1OC. The number of hydrogen-bond donors (Lipinski definition) is 0. The van der Waals surface area contributed by atoms with Crippen molar-refractivity contribution in [2.75, 3.05) is 21.3 Å². The Kier molecular flexibility index (Phi) is 4.70. The van der Waals surface area contributed by atoms with E-state index in [0.717, 1.165) is 0 Å². The van der Waals surface area contributed by atoms with Crippen molar-refractivity contribution in [2.24, 2.45) is 0 Å². The largest absolute Gasteiger partial charge is 0.493 e. The zero-order valence-electron chi connectivity index (χ0n) is 13.0. The van der Waals surface area contributed by atoms with Crippen LogP contribution in [0.25, 0.3) is 5.57 Å². The molecule has 1 aliphatic rings. The van der Waals surface area contributed by atoms with E-state index in [1.54, 1.807) is 18.2 Å². The van der Waals surface area contributed by atoms with Gasteiger partial charge in [-0.3, -0.25) is 9.59 Å². The van der Waals surface area contributed by atoms with Gasteiger partial charge in [0.15, 0.2) is 17.3 Å². The van der Waals surface area contributed by atoms with Crippen LogP contribution in [0.5, 0.6) is 17.2 Å². The summed E-state index contributed by atoms with van der Waals surface area (Å²) < 4.78 is 20.9. The van der Waals surface area contributed by atoms with Crippen molar-refractivity contribution in [3.8, 4) is 17.2 Å². The number of benzene rings is 1. The van der Waals surface area contributed by atoms with Gasteiger partial charge in [0, 0.05) is 12.5 Å². The van der Waals surface area contributed by atoms with Crippen LogP contribution in [-0.4, -0.2) is 39.2 Å². The molecule has 0 saturated heterocycles. The van der Waals surface area contributed by atoms with Crippen LogP contribution in [0.3, 0.4) is 0 Å². The first kappa shape index (κ1) is 15.9. The predicted molar refractivity (Wildman–Crippen MR) is 79.3 cm³/mol. The van der Waals surface area contributed by atoms with Gasteiger partial charge < -0.3 is 18.9 Å². The molecule has 0 amide bonds. The summed E-state index contributed by atoms with van der Waals surface area (Å²) in [6.45, 7) is 1.32. The molecule has 0 fully saturated rings. The highest BCUT2D eigenvalue weighted by Gasteiger charge is 2.28. The maximum atomic E-state index is 12.1. The van der Waals surface area contributed by atoms with Gasteiger partial charge in [-0.1, -0.05) is 0 Å². The van der Waals surface area contributed by atoms with Crippen LogP contribution in [0.2, 0.25) is 0 Å². The first-order chi connectivity index (χ1) is 10.5. The van der Waals surface area contributed by atoms with E-state index in [0.29, 0.717) is 28.4 Å². The second kappa shape index (κ2) is 6.51. The number of Topliss-reactive ketones (excluding diaryl/α,β-unsaturated/α-hetero) is 1. The Hall–Kier alpha value is -2.50. The summed E-state index contributed by atoms with van der Waals surface area (Å²) in [5, 5.41) is 0. The molecule has 0 heterocycles. The Bertz CT molecular complexity index is 607. The zero-order chi connectivity index (χ0) is 16.3. The van der Waals surface area contributed by atoms with Crippen LogP contribution in [0.1, 0.15) is 18.9 Å². The fourth-order valence-corrected chi connectivity index (χ4v) is 2.41. The minimum Gasteiger partial charge on any atom is -0.493 e. The van der Waals surface area contributed by atoms with Crippen LogP contribution in [0.15, 0.2) is 18.2 Å². The third kappa shape index (κ3) is 3.05. The molecule has 0 saturated carbocycles. The molecule has 1 atom stereocenters. The molecule has 2 rings (SSSR count). The summed E-state index contributed by atoms with van der Waals surface area (Å²) in [6.07, 6.45) is 1.26. The second-order valence-electron chi connectivity index (χ2n) is 4.77. The number of esters is 1. The third-order valence-electron chi connectivity index (χ3n) is 3.33. The highest BCUT2D eigenvalue weighted by molar-refractivity contribution is 6.23. The van der Waals surface area contributed by atoms with Gasteiger partial charge in [0.1, 0.15) is 6.10 Å². The van der Waals surface area contributed by atoms with Crippen LogP contribution >= 0.6 is 0 Å². The van der Waals surface area contributed by atoms with E-state index in [-0.39, 0.29) is 12.2 Å². The van der Waals surface area contributed by atoms with Gasteiger partial charge in [-0.25, -0.2) is 0 Å². The second-order valence-corrected chi connectivity index (χ2v) is 4.77. The summed E-state index contributed by atoms with van der Waals surface area (Å²) >= 11 is 0. The lowest BCUT2D eigenvalue weighted by Gasteiger charge is -2.14. The standard InChI is InChI=1S/C16H18O6/c1-9(17)22-11-7-12(13(18)8-11)10-5-14(19-2)16(21-4)15(6-10)20-3/h5-7,11H,8H2,1-4H3. The topological polar surface area (TPSA) is 71.1 Å². The van der Waals surface area contributed by atoms with E-state index >= 15 is 0 Å². The number of methoxy groups -OCH3 is 3. The molecule has 1 aliphatic carbocycles. The average Bonchev–Trinajstić information content (AvgIpc) is 2.85. The molecular weight excluding hydrogens is 288 g/mol. The van der Waals surface area contributed by atoms with Crippen LogP contribution in [-0.2, 0) is 14.3 Å². The Balaban J connectivity index is 2.44. The van der Waals surface area contributed by atoms with Crippen LogP contribution < -0.4 is 14.2 Å². The number of carbonyl (C=O) groups excluding carboxylic acids is 2. The number of hydrogen-bond acceptors (Lipinski definition) is 6. The minimum absolute atomic E-state index is 0.0967. The van der Waals surface area contributed by atoms with Gasteiger partial charge in [0.05, 0.1) is 27.8 Å². The van der Waals surface area contributed by atoms with Gasteiger partial charge in [-0.05, 0) is 23.8 Å². The van der Waals surface area contributed by atoms with Gasteiger partial charge in [-0.2, -0.15) is 0 Å². The third-order valence-corrected chi connectivity index (χ3v) is 3.33. The van der Waals surface area contributed by atoms with E-state index in [2.05, 4.69) is 0 Å². The average molecular weight is 306 g/mol. The zero-order valence-corrected chi connectivity index (χ0v) is 13.0. The number of ketones is 1. The lowest BCUT2D eigenvalue weighted by atomic mass is 10.0. The molecule has 1 aromatic carbocycles. The van der Waals surface area contributed by atoms with Crippen molar-refractivity contribution < 1.29 is 28.5 Å².